The predicted molar refractivity (Wildman–Crippen MR) is 130 cm³/mol. The van der Waals surface area contributed by atoms with Gasteiger partial charge in [-0.1, -0.05) is 68.8 Å². The number of alkyl carbamates (subject to hydrolysis) is 1. The second-order valence-electron chi connectivity index (χ2n) is 9.37. The number of aliphatic carboxylic acids is 1. The van der Waals surface area contributed by atoms with Gasteiger partial charge >= 0.3 is 12.1 Å². The van der Waals surface area contributed by atoms with Gasteiger partial charge in [0.25, 0.3) is 0 Å². The maximum Gasteiger partial charge on any atom is 0.407 e. The van der Waals surface area contributed by atoms with Gasteiger partial charge in [-0.05, 0) is 34.6 Å². The molecule has 0 saturated carbocycles. The van der Waals surface area contributed by atoms with Crippen molar-refractivity contribution in [3.05, 3.63) is 59.7 Å². The Morgan fingerprint density at radius 3 is 2.29 bits per heavy atom. The van der Waals surface area contributed by atoms with Crippen LogP contribution in [0.2, 0.25) is 0 Å². The fourth-order valence-electron chi connectivity index (χ4n) is 4.82. The molecule has 8 heteroatoms. The topological polar surface area (TPSA) is 114 Å². The first-order chi connectivity index (χ1) is 16.9. The molecule has 8 nitrogen and oxygen atoms in total. The van der Waals surface area contributed by atoms with E-state index in [0.717, 1.165) is 28.7 Å². The summed E-state index contributed by atoms with van der Waals surface area (Å²) in [6, 6.07) is 14.6. The molecule has 4 rings (SSSR count). The van der Waals surface area contributed by atoms with Crippen LogP contribution in [-0.2, 0) is 19.1 Å². The van der Waals surface area contributed by atoms with E-state index >= 15 is 0 Å². The minimum absolute atomic E-state index is 0.0658. The highest BCUT2D eigenvalue weighted by atomic mass is 16.5. The van der Waals surface area contributed by atoms with Crippen LogP contribution in [0.5, 0.6) is 0 Å². The quantitative estimate of drug-likeness (QED) is 0.506. The zero-order chi connectivity index (χ0) is 24.9. The van der Waals surface area contributed by atoms with Crippen molar-refractivity contribution in [3.8, 4) is 11.1 Å². The maximum absolute atomic E-state index is 12.8. The number of benzene rings is 2. The Kier molecular flexibility index (Phi) is 7.70. The molecule has 2 aliphatic rings. The van der Waals surface area contributed by atoms with Gasteiger partial charge in [-0.2, -0.15) is 0 Å². The van der Waals surface area contributed by atoms with Crippen molar-refractivity contribution in [2.45, 2.75) is 44.7 Å². The average Bonchev–Trinajstić information content (AvgIpc) is 3.44. The number of amides is 2. The van der Waals surface area contributed by atoms with E-state index in [2.05, 4.69) is 22.8 Å². The predicted octanol–water partition coefficient (Wildman–Crippen LogP) is 3.55. The SMILES string of the molecule is CCC(C)CC(NC(=O)C1COCC1NC(=O)OCC1c2ccccc2-c2ccccc21)C(=O)O. The molecule has 1 aliphatic carbocycles. The van der Waals surface area contributed by atoms with Crippen molar-refractivity contribution >= 4 is 18.0 Å². The van der Waals surface area contributed by atoms with E-state index in [1.165, 1.54) is 0 Å². The van der Waals surface area contributed by atoms with Gasteiger partial charge in [-0.15, -0.1) is 0 Å². The summed E-state index contributed by atoms with van der Waals surface area (Å²) in [5.41, 5.74) is 4.51. The molecule has 2 amide bonds. The average molecular weight is 481 g/mol. The Morgan fingerprint density at radius 2 is 1.69 bits per heavy atom. The third kappa shape index (κ3) is 5.48. The number of carbonyl (C=O) groups excluding carboxylic acids is 2. The molecule has 0 radical (unpaired) electrons. The Balaban J connectivity index is 1.35. The summed E-state index contributed by atoms with van der Waals surface area (Å²) < 4.78 is 11.0. The highest BCUT2D eigenvalue weighted by molar-refractivity contribution is 5.86. The summed E-state index contributed by atoms with van der Waals surface area (Å²) >= 11 is 0. The van der Waals surface area contributed by atoms with E-state index in [9.17, 15) is 19.5 Å². The third-order valence-corrected chi connectivity index (χ3v) is 7.01. The van der Waals surface area contributed by atoms with Crippen molar-refractivity contribution in [2.75, 3.05) is 19.8 Å². The minimum Gasteiger partial charge on any atom is -0.480 e. The standard InChI is InChI=1S/C27H32N2O6/c1-3-16(2)12-23(26(31)32)28-25(30)22-13-34-15-24(22)29-27(33)35-14-21-19-10-6-4-8-17(19)18-9-5-7-11-20(18)21/h4-11,16,21-24H,3,12-15H2,1-2H3,(H,28,30)(H,29,33)(H,31,32). The zero-order valence-electron chi connectivity index (χ0n) is 20.0. The van der Waals surface area contributed by atoms with Crippen LogP contribution in [0, 0.1) is 11.8 Å². The molecule has 1 heterocycles. The summed E-state index contributed by atoms with van der Waals surface area (Å²) in [5.74, 6) is -2.11. The lowest BCUT2D eigenvalue weighted by Crippen LogP contribution is -2.50. The summed E-state index contributed by atoms with van der Waals surface area (Å²) in [4.78, 5) is 37.1. The first-order valence-corrected chi connectivity index (χ1v) is 12.1. The molecular formula is C27H32N2O6. The number of carboxylic acid groups (broad SMARTS) is 1. The number of rotatable bonds is 9. The van der Waals surface area contributed by atoms with E-state index in [-0.39, 0.29) is 31.7 Å². The van der Waals surface area contributed by atoms with Crippen molar-refractivity contribution in [2.24, 2.45) is 11.8 Å². The van der Waals surface area contributed by atoms with Crippen molar-refractivity contribution in [3.63, 3.8) is 0 Å². The van der Waals surface area contributed by atoms with E-state index in [0.29, 0.717) is 6.42 Å². The third-order valence-electron chi connectivity index (χ3n) is 7.01. The molecule has 4 atom stereocenters. The molecule has 0 bridgehead atoms. The Morgan fingerprint density at radius 1 is 1.06 bits per heavy atom. The number of fused-ring (bicyclic) bond motifs is 3. The first kappa shape index (κ1) is 24.7. The Bertz CT molecular complexity index is 1040. The van der Waals surface area contributed by atoms with Crippen LogP contribution in [0.15, 0.2) is 48.5 Å². The Hall–Kier alpha value is -3.39. The highest BCUT2D eigenvalue weighted by Crippen LogP contribution is 2.44. The van der Waals surface area contributed by atoms with Crippen LogP contribution >= 0.6 is 0 Å². The number of hydrogen-bond acceptors (Lipinski definition) is 5. The molecule has 0 spiro atoms. The van der Waals surface area contributed by atoms with Gasteiger partial charge in [-0.3, -0.25) is 4.79 Å². The number of hydrogen-bond donors (Lipinski definition) is 3. The summed E-state index contributed by atoms with van der Waals surface area (Å²) in [6.07, 6.45) is 0.530. The largest absolute Gasteiger partial charge is 0.480 e. The fraction of sp³-hybridized carbons (Fsp3) is 0.444. The Labute approximate surface area is 205 Å². The molecular weight excluding hydrogens is 448 g/mol. The smallest absolute Gasteiger partial charge is 0.407 e. The van der Waals surface area contributed by atoms with E-state index in [1.54, 1.807) is 0 Å². The van der Waals surface area contributed by atoms with Crippen LogP contribution in [-0.4, -0.2) is 55.0 Å². The highest BCUT2D eigenvalue weighted by Gasteiger charge is 2.38. The monoisotopic (exact) mass is 480 g/mol. The summed E-state index contributed by atoms with van der Waals surface area (Å²) in [6.45, 7) is 4.36. The lowest BCUT2D eigenvalue weighted by molar-refractivity contribution is -0.143. The van der Waals surface area contributed by atoms with Crippen molar-refractivity contribution in [1.82, 2.24) is 10.6 Å². The van der Waals surface area contributed by atoms with Crippen LogP contribution in [0.25, 0.3) is 11.1 Å². The lowest BCUT2D eigenvalue weighted by Gasteiger charge is -2.23. The minimum atomic E-state index is -1.07. The molecule has 1 saturated heterocycles. The second-order valence-corrected chi connectivity index (χ2v) is 9.37. The maximum atomic E-state index is 12.8. The van der Waals surface area contributed by atoms with Gasteiger partial charge in [0.05, 0.1) is 25.2 Å². The van der Waals surface area contributed by atoms with Gasteiger partial charge in [0.15, 0.2) is 0 Å². The molecule has 1 aliphatic heterocycles. The first-order valence-electron chi connectivity index (χ1n) is 12.1. The van der Waals surface area contributed by atoms with Gasteiger partial charge in [0, 0.05) is 5.92 Å². The van der Waals surface area contributed by atoms with Gasteiger partial charge in [0.1, 0.15) is 12.6 Å². The normalized spacial score (nSPS) is 20.4. The molecule has 0 aromatic heterocycles. The molecule has 2 aromatic rings. The van der Waals surface area contributed by atoms with Crippen LogP contribution in [0.1, 0.15) is 43.7 Å². The fourth-order valence-corrected chi connectivity index (χ4v) is 4.82. The summed E-state index contributed by atoms with van der Waals surface area (Å²) in [5, 5.41) is 14.9. The molecule has 4 unspecified atom stereocenters. The van der Waals surface area contributed by atoms with E-state index in [1.807, 2.05) is 50.2 Å². The molecule has 2 aromatic carbocycles. The number of carbonyl (C=O) groups is 3. The van der Waals surface area contributed by atoms with Gasteiger partial charge < -0.3 is 25.2 Å². The number of nitrogens with one attached hydrogen (secondary N) is 2. The van der Waals surface area contributed by atoms with Crippen LogP contribution in [0.4, 0.5) is 4.79 Å². The molecule has 35 heavy (non-hydrogen) atoms. The van der Waals surface area contributed by atoms with Crippen LogP contribution < -0.4 is 10.6 Å². The van der Waals surface area contributed by atoms with Gasteiger partial charge in [-0.25, -0.2) is 9.59 Å². The van der Waals surface area contributed by atoms with E-state index < -0.39 is 36.0 Å². The zero-order valence-corrected chi connectivity index (χ0v) is 20.0. The molecule has 186 valence electrons. The van der Waals surface area contributed by atoms with Crippen molar-refractivity contribution in [1.29, 1.82) is 0 Å². The van der Waals surface area contributed by atoms with Crippen molar-refractivity contribution < 1.29 is 29.0 Å². The van der Waals surface area contributed by atoms with Gasteiger partial charge in [0.2, 0.25) is 5.91 Å². The molecule has 3 N–H and O–H groups in total. The lowest BCUT2D eigenvalue weighted by atomic mass is 9.97. The second kappa shape index (κ2) is 10.9. The molecule has 1 fully saturated rings. The van der Waals surface area contributed by atoms with E-state index in [4.69, 9.17) is 9.47 Å². The number of carboxylic acids is 1. The van der Waals surface area contributed by atoms with Crippen LogP contribution in [0.3, 0.4) is 0 Å². The number of ether oxygens (including phenoxy) is 2. The summed E-state index contributed by atoms with van der Waals surface area (Å²) in [7, 11) is 0.